The number of aryl methyl sites for hydroxylation is 2. The second-order valence-electron chi connectivity index (χ2n) is 7.19. The van der Waals surface area contributed by atoms with Crippen molar-refractivity contribution in [1.29, 1.82) is 0 Å². The van der Waals surface area contributed by atoms with Crippen LogP contribution in [0.3, 0.4) is 0 Å². The lowest BCUT2D eigenvalue weighted by Gasteiger charge is -2.36. The SMILES string of the molecule is Cc1cc(C)n(-c2ccc(NC(=O)C3(n4cccn4)CCNCC3)cc2F)n1. The summed E-state index contributed by atoms with van der Waals surface area (Å²) < 4.78 is 18.0. The minimum absolute atomic E-state index is 0.184. The number of anilines is 1. The molecule has 146 valence electrons. The van der Waals surface area contributed by atoms with Crippen molar-refractivity contribution in [3.05, 3.63) is 59.9 Å². The molecule has 3 heterocycles. The molecular formula is C20H23FN6O. The van der Waals surface area contributed by atoms with Crippen molar-refractivity contribution in [3.8, 4) is 5.69 Å². The molecule has 0 saturated carbocycles. The summed E-state index contributed by atoms with van der Waals surface area (Å²) >= 11 is 0. The topological polar surface area (TPSA) is 76.8 Å². The number of benzene rings is 1. The summed E-state index contributed by atoms with van der Waals surface area (Å²) in [6.07, 6.45) is 4.71. The Morgan fingerprint density at radius 1 is 1.25 bits per heavy atom. The van der Waals surface area contributed by atoms with Crippen molar-refractivity contribution in [1.82, 2.24) is 24.9 Å². The first-order valence-electron chi connectivity index (χ1n) is 9.35. The number of piperidine rings is 1. The molecule has 1 aliphatic rings. The second kappa shape index (κ2) is 7.20. The largest absolute Gasteiger partial charge is 0.324 e. The minimum atomic E-state index is -0.778. The number of hydrogen-bond acceptors (Lipinski definition) is 4. The summed E-state index contributed by atoms with van der Waals surface area (Å²) in [7, 11) is 0. The minimum Gasteiger partial charge on any atom is -0.324 e. The number of hydrogen-bond donors (Lipinski definition) is 2. The van der Waals surface area contributed by atoms with Crippen LogP contribution in [0.5, 0.6) is 0 Å². The fourth-order valence-corrected chi connectivity index (χ4v) is 3.80. The molecule has 1 saturated heterocycles. The number of nitrogens with zero attached hydrogens (tertiary/aromatic N) is 4. The van der Waals surface area contributed by atoms with Crippen LogP contribution in [0.4, 0.5) is 10.1 Å². The van der Waals surface area contributed by atoms with Crippen LogP contribution in [0, 0.1) is 19.7 Å². The highest BCUT2D eigenvalue weighted by molar-refractivity contribution is 5.96. The lowest BCUT2D eigenvalue weighted by Crippen LogP contribution is -2.52. The summed E-state index contributed by atoms with van der Waals surface area (Å²) in [6, 6.07) is 8.36. The average molecular weight is 382 g/mol. The van der Waals surface area contributed by atoms with Gasteiger partial charge in [0.2, 0.25) is 0 Å². The maximum atomic E-state index is 14.7. The van der Waals surface area contributed by atoms with Crippen molar-refractivity contribution in [2.75, 3.05) is 18.4 Å². The number of amides is 1. The Labute approximate surface area is 162 Å². The summed E-state index contributed by atoms with van der Waals surface area (Å²) in [5.74, 6) is -0.626. The van der Waals surface area contributed by atoms with E-state index in [0.717, 1.165) is 24.5 Å². The molecular weight excluding hydrogens is 359 g/mol. The average Bonchev–Trinajstić information content (AvgIpc) is 3.32. The number of carbonyl (C=O) groups is 1. The van der Waals surface area contributed by atoms with Gasteiger partial charge in [0.05, 0.1) is 5.69 Å². The van der Waals surface area contributed by atoms with E-state index in [2.05, 4.69) is 20.8 Å². The van der Waals surface area contributed by atoms with Gasteiger partial charge in [0.25, 0.3) is 5.91 Å². The number of nitrogens with one attached hydrogen (secondary N) is 2. The lowest BCUT2D eigenvalue weighted by atomic mass is 9.87. The van der Waals surface area contributed by atoms with Crippen molar-refractivity contribution >= 4 is 11.6 Å². The van der Waals surface area contributed by atoms with Crippen LogP contribution in [0.2, 0.25) is 0 Å². The molecule has 0 atom stereocenters. The molecule has 0 aliphatic carbocycles. The van der Waals surface area contributed by atoms with E-state index < -0.39 is 11.4 Å². The normalized spacial score (nSPS) is 16.1. The smallest absolute Gasteiger partial charge is 0.252 e. The first-order chi connectivity index (χ1) is 13.5. The number of halogens is 1. The molecule has 8 heteroatoms. The molecule has 1 fully saturated rings. The molecule has 4 rings (SSSR count). The fourth-order valence-electron chi connectivity index (χ4n) is 3.80. The van der Waals surface area contributed by atoms with E-state index in [4.69, 9.17) is 0 Å². The van der Waals surface area contributed by atoms with E-state index in [-0.39, 0.29) is 5.91 Å². The van der Waals surface area contributed by atoms with Gasteiger partial charge in [-0.2, -0.15) is 10.2 Å². The molecule has 3 aromatic rings. The highest BCUT2D eigenvalue weighted by Crippen LogP contribution is 2.29. The van der Waals surface area contributed by atoms with Gasteiger partial charge in [-0.1, -0.05) is 0 Å². The molecule has 0 radical (unpaired) electrons. The Morgan fingerprint density at radius 3 is 2.64 bits per heavy atom. The first-order valence-corrected chi connectivity index (χ1v) is 9.35. The zero-order chi connectivity index (χ0) is 19.7. The van der Waals surface area contributed by atoms with E-state index in [9.17, 15) is 9.18 Å². The van der Waals surface area contributed by atoms with Crippen molar-refractivity contribution in [3.63, 3.8) is 0 Å². The van der Waals surface area contributed by atoms with Crippen LogP contribution in [0.25, 0.3) is 5.69 Å². The molecule has 1 aliphatic heterocycles. The highest BCUT2D eigenvalue weighted by Gasteiger charge is 2.42. The van der Waals surface area contributed by atoms with Crippen molar-refractivity contribution in [2.45, 2.75) is 32.2 Å². The van der Waals surface area contributed by atoms with Gasteiger partial charge in [-0.05, 0) is 70.1 Å². The monoisotopic (exact) mass is 382 g/mol. The van der Waals surface area contributed by atoms with Crippen LogP contribution < -0.4 is 10.6 Å². The fraction of sp³-hybridized carbons (Fsp3) is 0.350. The van der Waals surface area contributed by atoms with Crippen LogP contribution in [0.15, 0.2) is 42.7 Å². The maximum absolute atomic E-state index is 14.7. The molecule has 1 amide bonds. The predicted octanol–water partition coefficient (Wildman–Crippen LogP) is 2.54. The van der Waals surface area contributed by atoms with Crippen molar-refractivity contribution in [2.24, 2.45) is 0 Å². The summed E-state index contributed by atoms with van der Waals surface area (Å²) in [5.41, 5.74) is 1.66. The van der Waals surface area contributed by atoms with Crippen LogP contribution in [-0.4, -0.2) is 38.6 Å². The van der Waals surface area contributed by atoms with Gasteiger partial charge in [0, 0.05) is 23.8 Å². The van der Waals surface area contributed by atoms with Gasteiger partial charge >= 0.3 is 0 Å². The summed E-state index contributed by atoms with van der Waals surface area (Å²) in [5, 5.41) is 14.8. The van der Waals surface area contributed by atoms with Gasteiger partial charge in [0.1, 0.15) is 11.2 Å². The third kappa shape index (κ3) is 3.20. The molecule has 0 bridgehead atoms. The Kier molecular flexibility index (Phi) is 4.72. The molecule has 2 N–H and O–H groups in total. The Hall–Kier alpha value is -3.00. The van der Waals surface area contributed by atoms with E-state index >= 15 is 0 Å². The molecule has 7 nitrogen and oxygen atoms in total. The Morgan fingerprint density at radius 2 is 2.04 bits per heavy atom. The molecule has 28 heavy (non-hydrogen) atoms. The van der Waals surface area contributed by atoms with Gasteiger partial charge in [0.15, 0.2) is 5.82 Å². The van der Waals surface area contributed by atoms with Crippen LogP contribution in [0.1, 0.15) is 24.2 Å². The van der Waals surface area contributed by atoms with E-state index in [1.165, 1.54) is 6.07 Å². The van der Waals surface area contributed by atoms with E-state index in [1.807, 2.05) is 19.9 Å². The first kappa shape index (κ1) is 18.4. The van der Waals surface area contributed by atoms with Gasteiger partial charge < -0.3 is 10.6 Å². The van der Waals surface area contributed by atoms with Crippen LogP contribution >= 0.6 is 0 Å². The van der Waals surface area contributed by atoms with Gasteiger partial charge in [-0.25, -0.2) is 9.07 Å². The maximum Gasteiger partial charge on any atom is 0.252 e. The third-order valence-corrected chi connectivity index (χ3v) is 5.24. The zero-order valence-corrected chi connectivity index (χ0v) is 15.9. The van der Waals surface area contributed by atoms with Crippen LogP contribution in [-0.2, 0) is 10.3 Å². The summed E-state index contributed by atoms with van der Waals surface area (Å²) in [4.78, 5) is 13.2. The lowest BCUT2D eigenvalue weighted by molar-refractivity contribution is -0.126. The Balaban J connectivity index is 1.61. The standard InChI is InChI=1S/C20H23FN6O/c1-14-12-15(2)27(25-14)18-5-4-16(13-17(18)21)24-19(28)20(6-9-22-10-7-20)26-11-3-8-23-26/h3-5,8,11-13,22H,6-7,9-10H2,1-2H3,(H,24,28). The van der Waals surface area contributed by atoms with Gasteiger partial charge in [-0.15, -0.1) is 0 Å². The predicted molar refractivity (Wildman–Crippen MR) is 104 cm³/mol. The highest BCUT2D eigenvalue weighted by atomic mass is 19.1. The molecule has 1 aromatic carbocycles. The van der Waals surface area contributed by atoms with E-state index in [1.54, 1.807) is 40.0 Å². The van der Waals surface area contributed by atoms with Crippen molar-refractivity contribution < 1.29 is 9.18 Å². The molecule has 0 unspecified atom stereocenters. The molecule has 2 aromatic heterocycles. The number of aromatic nitrogens is 4. The quantitative estimate of drug-likeness (QED) is 0.727. The molecule has 0 spiro atoms. The second-order valence-corrected chi connectivity index (χ2v) is 7.19. The number of carbonyl (C=O) groups excluding carboxylic acids is 1. The zero-order valence-electron chi connectivity index (χ0n) is 15.9. The summed E-state index contributed by atoms with van der Waals surface area (Å²) in [6.45, 7) is 5.18. The van der Waals surface area contributed by atoms with Gasteiger partial charge in [-0.3, -0.25) is 9.48 Å². The third-order valence-electron chi connectivity index (χ3n) is 5.24. The Bertz CT molecular complexity index is 988. The van der Waals surface area contributed by atoms with E-state index in [0.29, 0.717) is 24.2 Å². The number of rotatable bonds is 4.